The van der Waals surface area contributed by atoms with E-state index < -0.39 is 29.7 Å². The van der Waals surface area contributed by atoms with Crippen molar-refractivity contribution in [2.75, 3.05) is 42.7 Å². The predicted molar refractivity (Wildman–Crippen MR) is 217 cm³/mol. The lowest BCUT2D eigenvalue weighted by atomic mass is 10.0. The van der Waals surface area contributed by atoms with Crippen LogP contribution < -0.4 is 26.4 Å². The summed E-state index contributed by atoms with van der Waals surface area (Å²) in [6, 6.07) is 18.9. The van der Waals surface area contributed by atoms with E-state index in [2.05, 4.69) is 36.2 Å². The number of nitrogens with one attached hydrogen (secondary N) is 3. The van der Waals surface area contributed by atoms with Gasteiger partial charge in [-0.15, -0.1) is 5.10 Å². The van der Waals surface area contributed by atoms with Crippen molar-refractivity contribution in [3.63, 3.8) is 0 Å². The number of nitrogens with two attached hydrogens (primary N) is 1. The number of benzene rings is 3. The molecule has 1 atom stereocenters. The molecule has 1 unspecified atom stereocenters. The molecular formula is C40H39ClN12O6. The van der Waals surface area contributed by atoms with Gasteiger partial charge in [-0.25, -0.2) is 14.6 Å². The highest BCUT2D eigenvalue weighted by Gasteiger charge is 2.45. The van der Waals surface area contributed by atoms with Crippen LogP contribution in [0.5, 0.6) is 5.75 Å². The predicted octanol–water partition coefficient (Wildman–Crippen LogP) is 3.93. The van der Waals surface area contributed by atoms with Gasteiger partial charge >= 0.3 is 0 Å². The topological polar surface area (TPSA) is 226 Å². The van der Waals surface area contributed by atoms with E-state index in [4.69, 9.17) is 31.9 Å². The van der Waals surface area contributed by atoms with Crippen molar-refractivity contribution < 1.29 is 28.7 Å². The zero-order valence-corrected chi connectivity index (χ0v) is 32.4. The first-order valence-electron chi connectivity index (χ1n) is 19.0. The molecule has 302 valence electrons. The van der Waals surface area contributed by atoms with Crippen molar-refractivity contribution in [3.8, 4) is 17.0 Å². The number of anilines is 3. The van der Waals surface area contributed by atoms with Gasteiger partial charge in [-0.2, -0.15) is 5.10 Å². The monoisotopic (exact) mass is 818 g/mol. The molecule has 8 rings (SSSR count). The second-order valence-electron chi connectivity index (χ2n) is 13.8. The molecule has 0 radical (unpaired) electrons. The Kier molecular flexibility index (Phi) is 11.4. The van der Waals surface area contributed by atoms with E-state index in [0.717, 1.165) is 28.3 Å². The van der Waals surface area contributed by atoms with E-state index in [0.29, 0.717) is 85.0 Å². The van der Waals surface area contributed by atoms with Crippen molar-refractivity contribution in [3.05, 3.63) is 101 Å². The number of aryl methyl sites for hydroxylation is 2. The fourth-order valence-corrected chi connectivity index (χ4v) is 7.14. The Balaban J connectivity index is 0.738. The number of nitrogens with zero attached hydrogens (tertiary/aromatic N) is 8. The summed E-state index contributed by atoms with van der Waals surface area (Å²) in [5.41, 5.74) is 11.0. The Morgan fingerprint density at radius 3 is 2.56 bits per heavy atom. The molecule has 4 amide bonds. The van der Waals surface area contributed by atoms with Crippen molar-refractivity contribution in [2.24, 2.45) is 0 Å². The molecule has 3 aromatic heterocycles. The molecule has 5 heterocycles. The SMILES string of the molecule is Nc1ncnc2c1c(-c1ccc(Cl)cc1)nn2CCCn1cc(CNc2ccc(OCCOCCNc3cccc4c3C(=O)N(C3CCC(=O)NC3=O)C4=O)cc2)nn1. The molecule has 2 aliphatic rings. The van der Waals surface area contributed by atoms with Gasteiger partial charge in [-0.1, -0.05) is 35.0 Å². The lowest BCUT2D eigenvalue weighted by Gasteiger charge is -2.27. The fraction of sp³-hybridized carbons (Fsp3) is 0.275. The molecule has 0 saturated carbocycles. The second-order valence-corrected chi connectivity index (χ2v) is 14.2. The number of hydrogen-bond acceptors (Lipinski definition) is 14. The number of halogens is 1. The minimum absolute atomic E-state index is 0.0590. The first-order chi connectivity index (χ1) is 28.7. The van der Waals surface area contributed by atoms with Gasteiger partial charge in [0.25, 0.3) is 11.8 Å². The summed E-state index contributed by atoms with van der Waals surface area (Å²) < 4.78 is 15.2. The standard InChI is InChI=1S/C40H39ClN12O6/c41-25-7-5-24(6-8-25)35-34-36(42)45-23-46-37(34)52(49-35)17-2-16-51-22-27(48-50-51)21-44-26-9-11-28(12-10-26)59-20-19-58-18-15-43-30-4-1-3-29-33(30)40(57)53(39(29)56)31-13-14-32(54)47-38(31)55/h1,3-12,22-23,31,43-44H,2,13-21H2,(H2,42,45,46)(H,47,54,55). The van der Waals surface area contributed by atoms with Crippen LogP contribution in [0.15, 0.2) is 79.3 Å². The molecule has 3 aromatic carbocycles. The summed E-state index contributed by atoms with van der Waals surface area (Å²) in [6.07, 6.45) is 4.24. The van der Waals surface area contributed by atoms with Crippen molar-refractivity contribution in [2.45, 2.75) is 44.9 Å². The number of hydrogen-bond donors (Lipinski definition) is 4. The van der Waals surface area contributed by atoms with Crippen LogP contribution in [0.4, 0.5) is 17.2 Å². The van der Waals surface area contributed by atoms with E-state index in [1.807, 2.05) is 59.4 Å². The molecule has 0 bridgehead atoms. The summed E-state index contributed by atoms with van der Waals surface area (Å²) in [5.74, 6) is -1.13. The molecule has 1 fully saturated rings. The van der Waals surface area contributed by atoms with Gasteiger partial charge in [0.15, 0.2) is 5.65 Å². The molecular weight excluding hydrogens is 780 g/mol. The van der Waals surface area contributed by atoms with E-state index in [1.165, 1.54) is 6.33 Å². The lowest BCUT2D eigenvalue weighted by Crippen LogP contribution is -2.54. The van der Waals surface area contributed by atoms with Crippen LogP contribution in [-0.4, -0.2) is 95.7 Å². The molecule has 6 aromatic rings. The highest BCUT2D eigenvalue weighted by Crippen LogP contribution is 2.33. The highest BCUT2D eigenvalue weighted by atomic mass is 35.5. The van der Waals surface area contributed by atoms with Gasteiger partial charge in [0.1, 0.15) is 41.9 Å². The average molecular weight is 819 g/mol. The molecule has 1 saturated heterocycles. The van der Waals surface area contributed by atoms with Crippen LogP contribution in [0.25, 0.3) is 22.3 Å². The van der Waals surface area contributed by atoms with Gasteiger partial charge in [-0.05, 0) is 61.4 Å². The van der Waals surface area contributed by atoms with E-state index in [-0.39, 0.29) is 24.0 Å². The third kappa shape index (κ3) is 8.53. The average Bonchev–Trinajstić information content (AvgIpc) is 3.92. The van der Waals surface area contributed by atoms with Gasteiger partial charge < -0.3 is 25.8 Å². The number of carbonyl (C=O) groups is 4. The highest BCUT2D eigenvalue weighted by molar-refractivity contribution is 6.30. The summed E-state index contributed by atoms with van der Waals surface area (Å²) >= 11 is 6.09. The van der Waals surface area contributed by atoms with Crippen LogP contribution in [0.3, 0.4) is 0 Å². The number of rotatable bonds is 17. The van der Waals surface area contributed by atoms with Crippen molar-refractivity contribution in [1.82, 2.24) is 45.0 Å². The quantitative estimate of drug-likeness (QED) is 0.0756. The zero-order chi connectivity index (χ0) is 40.9. The minimum Gasteiger partial charge on any atom is -0.491 e. The number of nitrogen functional groups attached to an aromatic ring is 1. The first-order valence-corrected chi connectivity index (χ1v) is 19.4. The number of aromatic nitrogens is 7. The largest absolute Gasteiger partial charge is 0.491 e. The maximum Gasteiger partial charge on any atom is 0.264 e. The maximum absolute atomic E-state index is 13.3. The summed E-state index contributed by atoms with van der Waals surface area (Å²) in [7, 11) is 0. The normalized spacial score (nSPS) is 15.1. The Morgan fingerprint density at radius 1 is 0.915 bits per heavy atom. The first kappa shape index (κ1) is 38.9. The molecule has 0 spiro atoms. The minimum atomic E-state index is -1.02. The molecule has 59 heavy (non-hydrogen) atoms. The van der Waals surface area contributed by atoms with E-state index >= 15 is 0 Å². The number of imide groups is 2. The van der Waals surface area contributed by atoms with Gasteiger partial charge in [0, 0.05) is 48.0 Å². The smallest absolute Gasteiger partial charge is 0.264 e. The van der Waals surface area contributed by atoms with Gasteiger partial charge in [0.05, 0.1) is 42.5 Å². The van der Waals surface area contributed by atoms with Crippen molar-refractivity contribution in [1.29, 1.82) is 0 Å². The number of ether oxygens (including phenoxy) is 2. The summed E-state index contributed by atoms with van der Waals surface area (Å²) in [5, 5.41) is 23.5. The van der Waals surface area contributed by atoms with Gasteiger partial charge in [-0.3, -0.25) is 34.1 Å². The lowest BCUT2D eigenvalue weighted by molar-refractivity contribution is -0.136. The maximum atomic E-state index is 13.3. The molecule has 2 aliphatic heterocycles. The summed E-state index contributed by atoms with van der Waals surface area (Å²) in [6.45, 7) is 3.04. The Bertz CT molecular complexity index is 2520. The zero-order valence-electron chi connectivity index (χ0n) is 31.6. The third-order valence-corrected chi connectivity index (χ3v) is 10.1. The number of amides is 4. The Labute approximate surface area is 342 Å². The molecule has 5 N–H and O–H groups in total. The molecule has 18 nitrogen and oxygen atoms in total. The van der Waals surface area contributed by atoms with Crippen LogP contribution in [-0.2, 0) is 34.0 Å². The number of carbonyl (C=O) groups excluding carboxylic acids is 4. The fourth-order valence-electron chi connectivity index (χ4n) is 7.01. The van der Waals surface area contributed by atoms with E-state index in [9.17, 15) is 19.2 Å². The Hall–Kier alpha value is -6.92. The second kappa shape index (κ2) is 17.3. The Morgan fingerprint density at radius 2 is 1.75 bits per heavy atom. The van der Waals surface area contributed by atoms with Crippen LogP contribution in [0.1, 0.15) is 45.7 Å². The van der Waals surface area contributed by atoms with Gasteiger partial charge in [0.2, 0.25) is 11.8 Å². The summed E-state index contributed by atoms with van der Waals surface area (Å²) in [4.78, 5) is 59.8. The number of fused-ring (bicyclic) bond motifs is 2. The van der Waals surface area contributed by atoms with Crippen LogP contribution >= 0.6 is 11.6 Å². The molecule has 0 aliphatic carbocycles. The van der Waals surface area contributed by atoms with E-state index in [1.54, 1.807) is 22.9 Å². The van der Waals surface area contributed by atoms with Crippen LogP contribution in [0.2, 0.25) is 5.02 Å². The van der Waals surface area contributed by atoms with Crippen LogP contribution in [0, 0.1) is 0 Å². The molecule has 19 heteroatoms. The number of piperidine rings is 1. The van der Waals surface area contributed by atoms with Crippen molar-refractivity contribution >= 4 is 63.5 Å². The third-order valence-electron chi connectivity index (χ3n) is 9.87.